The molecular weight excluding hydrogens is 324 g/mol. The van der Waals surface area contributed by atoms with Gasteiger partial charge >= 0.3 is 11.8 Å². The lowest BCUT2D eigenvalue weighted by atomic mass is 9.82. The Balaban J connectivity index is 1.48. The molecule has 0 spiro atoms. The van der Waals surface area contributed by atoms with Gasteiger partial charge in [0.15, 0.2) is 0 Å². The zero-order chi connectivity index (χ0) is 17.8. The summed E-state index contributed by atoms with van der Waals surface area (Å²) in [6.45, 7) is 1.94. The third-order valence-corrected chi connectivity index (χ3v) is 5.00. The maximum atomic E-state index is 12.1. The predicted molar refractivity (Wildman–Crippen MR) is 91.2 cm³/mol. The van der Waals surface area contributed by atoms with Crippen molar-refractivity contribution in [2.45, 2.75) is 37.7 Å². The molecule has 138 valence electrons. The van der Waals surface area contributed by atoms with Crippen LogP contribution in [0.15, 0.2) is 6.07 Å². The van der Waals surface area contributed by atoms with E-state index >= 15 is 0 Å². The number of methoxy groups -OCH3 is 1. The van der Waals surface area contributed by atoms with E-state index in [1.54, 1.807) is 18.8 Å². The largest absolute Gasteiger partial charge is 0.381 e. The number of carbonyl (C=O) groups excluding carboxylic acids is 2. The average Bonchev–Trinajstić information content (AvgIpc) is 2.95. The van der Waals surface area contributed by atoms with Gasteiger partial charge in [0.05, 0.1) is 18.4 Å². The van der Waals surface area contributed by atoms with E-state index in [1.165, 1.54) is 0 Å². The van der Waals surface area contributed by atoms with E-state index in [1.807, 2.05) is 6.07 Å². The molecule has 0 radical (unpaired) electrons. The van der Waals surface area contributed by atoms with Crippen molar-refractivity contribution in [3.8, 4) is 0 Å². The van der Waals surface area contributed by atoms with E-state index in [4.69, 9.17) is 9.47 Å². The van der Waals surface area contributed by atoms with Crippen LogP contribution in [-0.2, 0) is 26.1 Å². The maximum absolute atomic E-state index is 12.1. The van der Waals surface area contributed by atoms with E-state index in [-0.39, 0.29) is 12.0 Å². The lowest BCUT2D eigenvalue weighted by Gasteiger charge is -2.33. The summed E-state index contributed by atoms with van der Waals surface area (Å²) in [5, 5.41) is 9.75. The Kier molecular flexibility index (Phi) is 5.70. The van der Waals surface area contributed by atoms with E-state index < -0.39 is 11.8 Å². The van der Waals surface area contributed by atoms with E-state index in [0.717, 1.165) is 38.0 Å². The van der Waals surface area contributed by atoms with E-state index in [2.05, 4.69) is 15.7 Å². The highest BCUT2D eigenvalue weighted by Crippen LogP contribution is 2.28. The molecule has 1 aromatic heterocycles. The van der Waals surface area contributed by atoms with Crippen LogP contribution >= 0.6 is 0 Å². The van der Waals surface area contributed by atoms with Gasteiger partial charge in [-0.15, -0.1) is 0 Å². The SMILES string of the molecule is COC1CC(CNC(=O)C(=O)Nc2cc(C3CCCOC3)nn2C)C1. The zero-order valence-corrected chi connectivity index (χ0v) is 14.8. The number of aryl methyl sites for hydroxylation is 1. The molecule has 2 aliphatic rings. The Bertz CT molecular complexity index is 618. The molecule has 8 nitrogen and oxygen atoms in total. The molecule has 3 rings (SSSR count). The number of anilines is 1. The highest BCUT2D eigenvalue weighted by atomic mass is 16.5. The second-order valence-electron chi connectivity index (χ2n) is 6.85. The Morgan fingerprint density at radius 1 is 1.40 bits per heavy atom. The van der Waals surface area contributed by atoms with Crippen LogP contribution in [0.4, 0.5) is 5.82 Å². The molecule has 1 atom stereocenters. The first kappa shape index (κ1) is 17.9. The summed E-state index contributed by atoms with van der Waals surface area (Å²) in [7, 11) is 3.44. The molecule has 1 aliphatic heterocycles. The molecule has 1 saturated heterocycles. The summed E-state index contributed by atoms with van der Waals surface area (Å²) >= 11 is 0. The fourth-order valence-corrected chi connectivity index (χ4v) is 3.30. The van der Waals surface area contributed by atoms with Crippen LogP contribution in [0.1, 0.15) is 37.3 Å². The summed E-state index contributed by atoms with van der Waals surface area (Å²) in [6.07, 6.45) is 4.16. The van der Waals surface area contributed by atoms with Gasteiger partial charge in [-0.3, -0.25) is 14.3 Å². The normalized spacial score (nSPS) is 25.9. The van der Waals surface area contributed by atoms with Crippen LogP contribution in [-0.4, -0.2) is 54.6 Å². The van der Waals surface area contributed by atoms with Gasteiger partial charge in [-0.05, 0) is 31.6 Å². The third-order valence-electron chi connectivity index (χ3n) is 5.00. The van der Waals surface area contributed by atoms with Gasteiger partial charge < -0.3 is 20.1 Å². The maximum Gasteiger partial charge on any atom is 0.314 e. The number of aromatic nitrogens is 2. The van der Waals surface area contributed by atoms with E-state index in [9.17, 15) is 9.59 Å². The van der Waals surface area contributed by atoms with Crippen molar-refractivity contribution in [3.63, 3.8) is 0 Å². The molecule has 0 bridgehead atoms. The predicted octanol–water partition coefficient (Wildman–Crippen LogP) is 0.794. The molecule has 1 saturated carbocycles. The number of ether oxygens (including phenoxy) is 2. The zero-order valence-electron chi connectivity index (χ0n) is 14.8. The Labute approximate surface area is 147 Å². The van der Waals surface area contributed by atoms with Crippen molar-refractivity contribution in [3.05, 3.63) is 11.8 Å². The van der Waals surface area contributed by atoms with Gasteiger partial charge in [0.2, 0.25) is 0 Å². The van der Waals surface area contributed by atoms with Crippen LogP contribution in [0.3, 0.4) is 0 Å². The summed E-state index contributed by atoms with van der Waals surface area (Å²) in [5.41, 5.74) is 0.887. The number of amides is 2. The fourth-order valence-electron chi connectivity index (χ4n) is 3.30. The first-order valence-corrected chi connectivity index (χ1v) is 8.80. The van der Waals surface area contributed by atoms with Crippen molar-refractivity contribution in [1.29, 1.82) is 0 Å². The number of hydrogen-bond acceptors (Lipinski definition) is 5. The molecule has 1 unspecified atom stereocenters. The molecule has 2 N–H and O–H groups in total. The number of hydrogen-bond donors (Lipinski definition) is 2. The van der Waals surface area contributed by atoms with Crippen LogP contribution in [0.5, 0.6) is 0 Å². The monoisotopic (exact) mass is 350 g/mol. The van der Waals surface area contributed by atoms with E-state index in [0.29, 0.717) is 24.9 Å². The van der Waals surface area contributed by atoms with Gasteiger partial charge in [0.25, 0.3) is 0 Å². The first-order chi connectivity index (χ1) is 12.1. The Morgan fingerprint density at radius 2 is 2.20 bits per heavy atom. The van der Waals surface area contributed by atoms with Gasteiger partial charge in [-0.2, -0.15) is 5.10 Å². The summed E-state index contributed by atoms with van der Waals surface area (Å²) in [5.74, 6) is -0.145. The van der Waals surface area contributed by atoms with Gasteiger partial charge in [0.1, 0.15) is 5.82 Å². The van der Waals surface area contributed by atoms with Crippen LogP contribution in [0.2, 0.25) is 0 Å². The van der Waals surface area contributed by atoms with Crippen molar-refractivity contribution in [1.82, 2.24) is 15.1 Å². The van der Waals surface area contributed by atoms with Crippen molar-refractivity contribution >= 4 is 17.6 Å². The van der Waals surface area contributed by atoms with Gasteiger partial charge in [0, 0.05) is 39.3 Å². The number of carbonyl (C=O) groups is 2. The number of rotatable bonds is 5. The lowest BCUT2D eigenvalue weighted by Crippen LogP contribution is -2.43. The summed E-state index contributed by atoms with van der Waals surface area (Å²) < 4.78 is 12.3. The highest BCUT2D eigenvalue weighted by molar-refractivity contribution is 6.39. The summed E-state index contributed by atoms with van der Waals surface area (Å²) in [6, 6.07) is 1.82. The smallest absolute Gasteiger partial charge is 0.314 e. The molecule has 2 amide bonds. The quantitative estimate of drug-likeness (QED) is 0.766. The van der Waals surface area contributed by atoms with Gasteiger partial charge in [-0.25, -0.2) is 0 Å². The minimum absolute atomic E-state index is 0.242. The molecule has 2 fully saturated rings. The van der Waals surface area contributed by atoms with Crippen molar-refractivity contribution in [2.24, 2.45) is 13.0 Å². The average molecular weight is 350 g/mol. The minimum atomic E-state index is -0.669. The second kappa shape index (κ2) is 7.97. The molecule has 1 aliphatic carbocycles. The Hall–Kier alpha value is -1.93. The van der Waals surface area contributed by atoms with Crippen LogP contribution in [0.25, 0.3) is 0 Å². The molecular formula is C17H26N4O4. The third kappa shape index (κ3) is 4.38. The first-order valence-electron chi connectivity index (χ1n) is 8.80. The molecule has 1 aromatic rings. The summed E-state index contributed by atoms with van der Waals surface area (Å²) in [4.78, 5) is 24.0. The number of nitrogens with one attached hydrogen (secondary N) is 2. The van der Waals surface area contributed by atoms with Crippen molar-refractivity contribution < 1.29 is 19.1 Å². The minimum Gasteiger partial charge on any atom is -0.381 e. The standard InChI is InChI=1S/C17H26N4O4/c1-21-15(8-14(20-21)12-4-3-5-25-10-12)19-17(23)16(22)18-9-11-6-13(7-11)24-2/h8,11-13H,3-7,9-10H2,1-2H3,(H,18,22)(H,19,23). The van der Waals surface area contributed by atoms with Crippen LogP contribution in [0, 0.1) is 5.92 Å². The number of nitrogens with zero attached hydrogens (tertiary/aromatic N) is 2. The van der Waals surface area contributed by atoms with Crippen molar-refractivity contribution in [2.75, 3.05) is 32.2 Å². The molecule has 0 aromatic carbocycles. The van der Waals surface area contributed by atoms with Crippen LogP contribution < -0.4 is 10.6 Å². The molecule has 25 heavy (non-hydrogen) atoms. The Morgan fingerprint density at radius 3 is 2.88 bits per heavy atom. The lowest BCUT2D eigenvalue weighted by molar-refractivity contribution is -0.136. The highest BCUT2D eigenvalue weighted by Gasteiger charge is 2.29. The van der Waals surface area contributed by atoms with Gasteiger partial charge in [-0.1, -0.05) is 0 Å². The second-order valence-corrected chi connectivity index (χ2v) is 6.85. The molecule has 2 heterocycles. The topological polar surface area (TPSA) is 94.5 Å². The fraction of sp³-hybridized carbons (Fsp3) is 0.706. The molecule has 8 heteroatoms.